The highest BCUT2D eigenvalue weighted by molar-refractivity contribution is 7.90. The van der Waals surface area contributed by atoms with Gasteiger partial charge in [-0.15, -0.1) is 0 Å². The number of hydrogen-bond acceptors (Lipinski definition) is 8. The van der Waals surface area contributed by atoms with Crippen molar-refractivity contribution in [3.05, 3.63) is 71.3 Å². The zero-order valence-electron chi connectivity index (χ0n) is 15.6. The van der Waals surface area contributed by atoms with Crippen molar-refractivity contribution in [2.75, 3.05) is 11.1 Å². The van der Waals surface area contributed by atoms with Crippen LogP contribution in [0.25, 0.3) is 4.85 Å². The largest absolute Gasteiger partial charge is 0.491 e. The second-order valence-corrected chi connectivity index (χ2v) is 8.62. The summed E-state index contributed by atoms with van der Waals surface area (Å²) in [6.45, 7) is 7.27. The number of benzene rings is 1. The van der Waals surface area contributed by atoms with E-state index in [4.69, 9.17) is 17.0 Å². The van der Waals surface area contributed by atoms with E-state index >= 15 is 0 Å². The number of sulfone groups is 1. The molecular weight excluding hydrogens is 405 g/mol. The van der Waals surface area contributed by atoms with Crippen LogP contribution in [0.4, 0.5) is 22.9 Å². The molecule has 0 fully saturated rings. The van der Waals surface area contributed by atoms with Gasteiger partial charge in [-0.05, 0) is 28.7 Å². The number of nitrogens with zero attached hydrogens (tertiary/aromatic N) is 3. The number of pyridine rings is 2. The Morgan fingerprint density at radius 2 is 2.07 bits per heavy atom. The molecule has 1 aliphatic rings. The van der Waals surface area contributed by atoms with Gasteiger partial charge in [0.1, 0.15) is 5.82 Å². The molecule has 0 bridgehead atoms. The van der Waals surface area contributed by atoms with Gasteiger partial charge in [0.15, 0.2) is 5.03 Å². The molecule has 0 atom stereocenters. The molecule has 4 rings (SSSR count). The Morgan fingerprint density at radius 3 is 2.80 bits per heavy atom. The van der Waals surface area contributed by atoms with Crippen LogP contribution in [0.5, 0.6) is 0 Å². The van der Waals surface area contributed by atoms with Crippen molar-refractivity contribution < 1.29 is 18.1 Å². The molecule has 3 heterocycles. The molecule has 30 heavy (non-hydrogen) atoms. The molecular formula is C19H16BN5O4S. The molecule has 2 aromatic heterocycles. The quantitative estimate of drug-likeness (QED) is 0.418. The summed E-state index contributed by atoms with van der Waals surface area (Å²) in [7, 11) is -4.91. The summed E-state index contributed by atoms with van der Waals surface area (Å²) in [6.07, 6.45) is 2.65. The van der Waals surface area contributed by atoms with Gasteiger partial charge >= 0.3 is 7.12 Å². The Balaban J connectivity index is 1.65. The molecule has 150 valence electrons. The average molecular weight is 421 g/mol. The fourth-order valence-corrected chi connectivity index (χ4v) is 4.53. The third-order valence-electron chi connectivity index (χ3n) is 4.54. The first kappa shape index (κ1) is 19.8. The lowest BCUT2D eigenvalue weighted by atomic mass is 9.79. The van der Waals surface area contributed by atoms with Crippen LogP contribution < -0.4 is 16.5 Å². The molecule has 3 aromatic rings. The first-order valence-corrected chi connectivity index (χ1v) is 10.5. The number of hydrogen-bond donors (Lipinski definition) is 3. The van der Waals surface area contributed by atoms with Gasteiger partial charge in [-0.1, -0.05) is 24.3 Å². The third kappa shape index (κ3) is 3.97. The molecule has 9 nitrogen and oxygen atoms in total. The van der Waals surface area contributed by atoms with Crippen LogP contribution in [-0.2, 0) is 26.9 Å². The molecule has 1 aromatic carbocycles. The van der Waals surface area contributed by atoms with Gasteiger partial charge < -0.3 is 20.7 Å². The Kier molecular flexibility index (Phi) is 5.13. The van der Waals surface area contributed by atoms with Crippen molar-refractivity contribution in [2.45, 2.75) is 17.4 Å². The summed E-state index contributed by atoms with van der Waals surface area (Å²) in [5.41, 5.74) is 8.52. The number of nitrogens with one attached hydrogen (secondary N) is 1. The molecule has 0 spiro atoms. The number of aromatic nitrogens is 2. The van der Waals surface area contributed by atoms with E-state index < -0.39 is 17.0 Å². The van der Waals surface area contributed by atoms with Crippen molar-refractivity contribution in [1.82, 2.24) is 9.97 Å². The molecule has 4 N–H and O–H groups in total. The SMILES string of the molecule is [C-]#[N+]c1ccc(Nc2cc(N)cnc2S(=O)(=O)Cc2ccc3c(c2)B(O)OC3)nc1. The topological polar surface area (TPSA) is 132 Å². The molecule has 0 radical (unpaired) electrons. The van der Waals surface area contributed by atoms with Gasteiger partial charge in [0.2, 0.25) is 15.5 Å². The summed E-state index contributed by atoms with van der Waals surface area (Å²) in [6, 6.07) is 9.65. The van der Waals surface area contributed by atoms with Crippen molar-refractivity contribution in [2.24, 2.45) is 0 Å². The predicted molar refractivity (Wildman–Crippen MR) is 112 cm³/mol. The summed E-state index contributed by atoms with van der Waals surface area (Å²) in [5, 5.41) is 12.6. The maximum atomic E-state index is 13.1. The smallest absolute Gasteiger partial charge is 0.423 e. The van der Waals surface area contributed by atoms with Gasteiger partial charge in [-0.25, -0.2) is 18.2 Å². The van der Waals surface area contributed by atoms with E-state index in [1.165, 1.54) is 18.5 Å². The molecule has 0 saturated heterocycles. The van der Waals surface area contributed by atoms with E-state index in [1.54, 1.807) is 30.3 Å². The molecule has 0 amide bonds. The van der Waals surface area contributed by atoms with Gasteiger partial charge in [0.25, 0.3) is 0 Å². The molecule has 11 heteroatoms. The van der Waals surface area contributed by atoms with Crippen LogP contribution in [0, 0.1) is 6.57 Å². The van der Waals surface area contributed by atoms with E-state index in [-0.39, 0.29) is 28.8 Å². The van der Waals surface area contributed by atoms with Crippen LogP contribution >= 0.6 is 0 Å². The van der Waals surface area contributed by atoms with E-state index in [0.717, 1.165) is 5.56 Å². The maximum absolute atomic E-state index is 13.1. The predicted octanol–water partition coefficient (Wildman–Crippen LogP) is 1.54. The molecule has 1 aliphatic heterocycles. The number of fused-ring (bicyclic) bond motifs is 1. The van der Waals surface area contributed by atoms with Crippen molar-refractivity contribution in [1.29, 1.82) is 0 Å². The summed E-state index contributed by atoms with van der Waals surface area (Å²) >= 11 is 0. The second kappa shape index (κ2) is 7.76. The van der Waals surface area contributed by atoms with Gasteiger partial charge in [-0.2, -0.15) is 0 Å². The highest BCUT2D eigenvalue weighted by atomic mass is 32.2. The molecule has 0 unspecified atom stereocenters. The standard InChI is InChI=1S/C19H16BN5O4S/c1-22-15-4-5-18(23-9-15)25-17-7-14(21)8-24-19(17)30(27,28)11-12-2-3-13-10-29-20(26)16(13)6-12/h2-9,26H,10-11,21H2,(H,23,25). The lowest BCUT2D eigenvalue weighted by molar-refractivity contribution is 0.275. The number of anilines is 3. The zero-order chi connectivity index (χ0) is 21.3. The van der Waals surface area contributed by atoms with Crippen LogP contribution in [0.1, 0.15) is 11.1 Å². The number of nitrogens with two attached hydrogens (primary N) is 1. The van der Waals surface area contributed by atoms with Gasteiger partial charge in [-0.3, -0.25) is 4.98 Å². The van der Waals surface area contributed by atoms with E-state index in [9.17, 15) is 13.4 Å². The Labute approximate surface area is 173 Å². The fraction of sp³-hybridized carbons (Fsp3) is 0.105. The van der Waals surface area contributed by atoms with Gasteiger partial charge in [0.05, 0.1) is 36.5 Å². The van der Waals surface area contributed by atoms with E-state index in [2.05, 4.69) is 20.1 Å². The van der Waals surface area contributed by atoms with Crippen LogP contribution in [0.2, 0.25) is 0 Å². The first-order valence-electron chi connectivity index (χ1n) is 8.86. The van der Waals surface area contributed by atoms with E-state index in [1.807, 2.05) is 0 Å². The van der Waals surface area contributed by atoms with Gasteiger partial charge in [0, 0.05) is 6.20 Å². The first-order chi connectivity index (χ1) is 14.4. The van der Waals surface area contributed by atoms with Crippen molar-refractivity contribution >= 4 is 45.3 Å². The zero-order valence-corrected chi connectivity index (χ0v) is 16.4. The second-order valence-electron chi connectivity index (χ2n) is 6.72. The van der Waals surface area contributed by atoms with Crippen molar-refractivity contribution in [3.63, 3.8) is 0 Å². The number of rotatable bonds is 5. The monoisotopic (exact) mass is 421 g/mol. The number of nitrogen functional groups attached to an aromatic ring is 1. The lowest BCUT2D eigenvalue weighted by Gasteiger charge is -2.13. The van der Waals surface area contributed by atoms with Crippen LogP contribution in [0.15, 0.2) is 53.8 Å². The minimum absolute atomic E-state index is 0.176. The van der Waals surface area contributed by atoms with Crippen LogP contribution in [0.3, 0.4) is 0 Å². The highest BCUT2D eigenvalue weighted by Gasteiger charge is 2.29. The molecule has 0 aliphatic carbocycles. The van der Waals surface area contributed by atoms with Crippen LogP contribution in [-0.4, -0.2) is 30.5 Å². The average Bonchev–Trinajstić information content (AvgIpc) is 3.08. The van der Waals surface area contributed by atoms with Crippen molar-refractivity contribution in [3.8, 4) is 0 Å². The minimum atomic E-state index is -3.86. The summed E-state index contributed by atoms with van der Waals surface area (Å²) < 4.78 is 31.4. The van der Waals surface area contributed by atoms with E-state index in [0.29, 0.717) is 22.5 Å². The summed E-state index contributed by atoms with van der Waals surface area (Å²) in [5.74, 6) is 0.0342. The Hall–Kier alpha value is -3.46. The fourth-order valence-electron chi connectivity index (χ4n) is 3.11. The lowest BCUT2D eigenvalue weighted by Crippen LogP contribution is -2.28. The normalized spacial score (nSPS) is 13.0. The Morgan fingerprint density at radius 1 is 1.23 bits per heavy atom. The summed E-state index contributed by atoms with van der Waals surface area (Å²) in [4.78, 5) is 11.4. The molecule has 0 saturated carbocycles. The third-order valence-corrected chi connectivity index (χ3v) is 6.16. The maximum Gasteiger partial charge on any atom is 0.491 e. The highest BCUT2D eigenvalue weighted by Crippen LogP contribution is 2.28. The Bertz CT molecular complexity index is 1260. The minimum Gasteiger partial charge on any atom is -0.423 e.